The van der Waals surface area contributed by atoms with Crippen LogP contribution in [0.4, 0.5) is 5.95 Å². The van der Waals surface area contributed by atoms with Gasteiger partial charge in [-0.25, -0.2) is 0 Å². The first-order valence-corrected chi connectivity index (χ1v) is 6.41. The molecule has 2 aromatic rings. The lowest BCUT2D eigenvalue weighted by atomic mass is 10.1. The molecule has 0 spiro atoms. The van der Waals surface area contributed by atoms with Crippen LogP contribution in [0.2, 0.25) is 5.28 Å². The van der Waals surface area contributed by atoms with Crippen LogP contribution < -0.4 is 4.90 Å². The molecule has 0 atom stereocenters. The number of hydrogen-bond donors (Lipinski definition) is 0. The SMILES string of the molecule is Clc1nc(-c2ccco2)nc(N2CCCCC2)n1. The van der Waals surface area contributed by atoms with Gasteiger partial charge in [0.15, 0.2) is 5.76 Å². The van der Waals surface area contributed by atoms with Gasteiger partial charge in [-0.1, -0.05) is 0 Å². The molecule has 0 N–H and O–H groups in total. The van der Waals surface area contributed by atoms with E-state index in [0.29, 0.717) is 17.5 Å². The van der Waals surface area contributed by atoms with Gasteiger partial charge in [-0.2, -0.15) is 15.0 Å². The lowest BCUT2D eigenvalue weighted by Crippen LogP contribution is -2.31. The fraction of sp³-hybridized carbons (Fsp3) is 0.417. The van der Waals surface area contributed by atoms with Crippen LogP contribution in [0, 0.1) is 0 Å². The third kappa shape index (κ3) is 2.31. The molecule has 2 aromatic heterocycles. The number of anilines is 1. The third-order valence-electron chi connectivity index (χ3n) is 2.98. The molecule has 18 heavy (non-hydrogen) atoms. The van der Waals surface area contributed by atoms with Crippen LogP contribution in [0.1, 0.15) is 19.3 Å². The molecule has 1 saturated heterocycles. The highest BCUT2D eigenvalue weighted by Gasteiger charge is 2.17. The normalized spacial score (nSPS) is 15.9. The summed E-state index contributed by atoms with van der Waals surface area (Å²) in [5, 5.41) is 0.206. The van der Waals surface area contributed by atoms with E-state index in [0.717, 1.165) is 13.1 Å². The average molecular weight is 265 g/mol. The van der Waals surface area contributed by atoms with Gasteiger partial charge in [-0.15, -0.1) is 0 Å². The molecule has 94 valence electrons. The molecule has 3 heterocycles. The molecule has 0 radical (unpaired) electrons. The second kappa shape index (κ2) is 4.94. The number of rotatable bonds is 2. The summed E-state index contributed by atoms with van der Waals surface area (Å²) in [7, 11) is 0. The molecule has 1 fully saturated rings. The minimum absolute atomic E-state index is 0.206. The Morgan fingerprint density at radius 1 is 1.11 bits per heavy atom. The third-order valence-corrected chi connectivity index (χ3v) is 3.15. The Balaban J connectivity index is 1.95. The van der Waals surface area contributed by atoms with Gasteiger partial charge in [-0.05, 0) is 43.0 Å². The van der Waals surface area contributed by atoms with Crippen molar-refractivity contribution in [3.05, 3.63) is 23.7 Å². The van der Waals surface area contributed by atoms with E-state index in [1.165, 1.54) is 19.3 Å². The van der Waals surface area contributed by atoms with Crippen LogP contribution in [-0.2, 0) is 0 Å². The molecule has 6 heteroatoms. The summed E-state index contributed by atoms with van der Waals surface area (Å²) < 4.78 is 5.29. The lowest BCUT2D eigenvalue weighted by molar-refractivity contribution is 0.562. The zero-order chi connectivity index (χ0) is 12.4. The first kappa shape index (κ1) is 11.5. The second-order valence-corrected chi connectivity index (χ2v) is 4.59. The van der Waals surface area contributed by atoms with E-state index in [1.54, 1.807) is 12.3 Å². The van der Waals surface area contributed by atoms with Gasteiger partial charge in [0.05, 0.1) is 6.26 Å². The van der Waals surface area contributed by atoms with Crippen molar-refractivity contribution in [1.29, 1.82) is 0 Å². The van der Waals surface area contributed by atoms with E-state index in [4.69, 9.17) is 16.0 Å². The molecule has 0 amide bonds. The van der Waals surface area contributed by atoms with Crippen LogP contribution in [0.3, 0.4) is 0 Å². The highest BCUT2D eigenvalue weighted by atomic mass is 35.5. The van der Waals surface area contributed by atoms with Crippen LogP contribution in [-0.4, -0.2) is 28.0 Å². The molecular formula is C12H13ClN4O. The van der Waals surface area contributed by atoms with Crippen molar-refractivity contribution in [1.82, 2.24) is 15.0 Å². The van der Waals surface area contributed by atoms with Gasteiger partial charge in [0, 0.05) is 13.1 Å². The van der Waals surface area contributed by atoms with E-state index < -0.39 is 0 Å². The summed E-state index contributed by atoms with van der Waals surface area (Å²) in [6, 6.07) is 3.61. The summed E-state index contributed by atoms with van der Waals surface area (Å²) >= 11 is 5.96. The molecule has 5 nitrogen and oxygen atoms in total. The van der Waals surface area contributed by atoms with Crippen LogP contribution in [0.15, 0.2) is 22.8 Å². The standard InChI is InChI=1S/C12H13ClN4O/c13-11-14-10(9-5-4-8-18-9)15-12(16-11)17-6-2-1-3-7-17/h4-5,8H,1-3,6-7H2. The van der Waals surface area contributed by atoms with E-state index in [1.807, 2.05) is 6.07 Å². The van der Waals surface area contributed by atoms with Crippen molar-refractivity contribution in [2.75, 3.05) is 18.0 Å². The van der Waals surface area contributed by atoms with Crippen molar-refractivity contribution >= 4 is 17.5 Å². The minimum atomic E-state index is 0.206. The molecule has 1 aliphatic heterocycles. The van der Waals surface area contributed by atoms with Crippen LogP contribution >= 0.6 is 11.6 Å². The van der Waals surface area contributed by atoms with Crippen molar-refractivity contribution in [2.45, 2.75) is 19.3 Å². The molecule has 0 saturated carbocycles. The number of piperidine rings is 1. The van der Waals surface area contributed by atoms with Crippen molar-refractivity contribution < 1.29 is 4.42 Å². The van der Waals surface area contributed by atoms with Crippen molar-refractivity contribution in [3.8, 4) is 11.6 Å². The summed E-state index contributed by atoms with van der Waals surface area (Å²) in [4.78, 5) is 14.9. The Kier molecular flexibility index (Phi) is 3.15. The van der Waals surface area contributed by atoms with Gasteiger partial charge in [0.1, 0.15) is 0 Å². The first-order chi connectivity index (χ1) is 8.83. The Morgan fingerprint density at radius 3 is 2.67 bits per heavy atom. The van der Waals surface area contributed by atoms with E-state index >= 15 is 0 Å². The van der Waals surface area contributed by atoms with Gasteiger partial charge < -0.3 is 9.32 Å². The maximum atomic E-state index is 5.96. The van der Waals surface area contributed by atoms with Gasteiger partial charge in [0.25, 0.3) is 0 Å². The Hall–Kier alpha value is -1.62. The monoisotopic (exact) mass is 264 g/mol. The fourth-order valence-corrected chi connectivity index (χ4v) is 2.25. The number of aromatic nitrogens is 3. The number of furan rings is 1. The zero-order valence-corrected chi connectivity index (χ0v) is 10.6. The van der Waals surface area contributed by atoms with Gasteiger partial charge in [-0.3, -0.25) is 0 Å². The Morgan fingerprint density at radius 2 is 1.94 bits per heavy atom. The predicted molar refractivity (Wildman–Crippen MR) is 68.6 cm³/mol. The topological polar surface area (TPSA) is 55.1 Å². The largest absolute Gasteiger partial charge is 0.461 e. The fourth-order valence-electron chi connectivity index (χ4n) is 2.09. The highest BCUT2D eigenvalue weighted by molar-refractivity contribution is 6.28. The molecule has 0 aromatic carbocycles. The molecular weight excluding hydrogens is 252 g/mol. The predicted octanol–water partition coefficient (Wildman–Crippen LogP) is 2.78. The summed E-state index contributed by atoms with van der Waals surface area (Å²) in [5.41, 5.74) is 0. The summed E-state index contributed by atoms with van der Waals surface area (Å²) in [5.74, 6) is 1.74. The van der Waals surface area contributed by atoms with Gasteiger partial charge >= 0.3 is 0 Å². The van der Waals surface area contributed by atoms with Crippen LogP contribution in [0.25, 0.3) is 11.6 Å². The Labute approximate surface area is 110 Å². The minimum Gasteiger partial charge on any atom is -0.461 e. The molecule has 0 unspecified atom stereocenters. The van der Waals surface area contributed by atoms with Crippen LogP contribution in [0.5, 0.6) is 0 Å². The number of halogens is 1. The average Bonchev–Trinajstić information content (AvgIpc) is 2.93. The number of nitrogens with zero attached hydrogens (tertiary/aromatic N) is 4. The van der Waals surface area contributed by atoms with Crippen molar-refractivity contribution in [3.63, 3.8) is 0 Å². The van der Waals surface area contributed by atoms with E-state index in [9.17, 15) is 0 Å². The quantitative estimate of drug-likeness (QED) is 0.835. The second-order valence-electron chi connectivity index (χ2n) is 4.25. The molecule has 1 aliphatic rings. The zero-order valence-electron chi connectivity index (χ0n) is 9.84. The molecule has 0 bridgehead atoms. The maximum absolute atomic E-state index is 5.96. The smallest absolute Gasteiger partial charge is 0.230 e. The molecule has 0 aliphatic carbocycles. The van der Waals surface area contributed by atoms with Crippen molar-refractivity contribution in [2.24, 2.45) is 0 Å². The van der Waals surface area contributed by atoms with Gasteiger partial charge in [0.2, 0.25) is 17.1 Å². The van der Waals surface area contributed by atoms with E-state index in [-0.39, 0.29) is 5.28 Å². The Bertz CT molecular complexity index is 523. The lowest BCUT2D eigenvalue weighted by Gasteiger charge is -2.26. The first-order valence-electron chi connectivity index (χ1n) is 6.03. The molecule has 3 rings (SSSR count). The van der Waals surface area contributed by atoms with E-state index in [2.05, 4.69) is 19.9 Å². The number of hydrogen-bond acceptors (Lipinski definition) is 5. The summed E-state index contributed by atoms with van der Waals surface area (Å²) in [6.45, 7) is 1.94. The summed E-state index contributed by atoms with van der Waals surface area (Å²) in [6.07, 6.45) is 5.19. The highest BCUT2D eigenvalue weighted by Crippen LogP contribution is 2.22. The maximum Gasteiger partial charge on any atom is 0.230 e.